The van der Waals surface area contributed by atoms with Gasteiger partial charge in [0.05, 0.1) is 26.4 Å². The summed E-state index contributed by atoms with van der Waals surface area (Å²) >= 11 is 0. The molecule has 22 heavy (non-hydrogen) atoms. The number of carbonyl (C=O) groups is 1. The Morgan fingerprint density at radius 3 is 2.41 bits per heavy atom. The summed E-state index contributed by atoms with van der Waals surface area (Å²) in [5, 5.41) is 9.57. The summed E-state index contributed by atoms with van der Waals surface area (Å²) in [5.74, 6) is 0.734. The van der Waals surface area contributed by atoms with Crippen LogP contribution < -0.4 is 0 Å². The lowest BCUT2D eigenvalue weighted by Gasteiger charge is -2.40. The Morgan fingerprint density at radius 1 is 1.14 bits per heavy atom. The maximum Gasteiger partial charge on any atom is 0.333 e. The Hall–Kier alpha value is -0.650. The van der Waals surface area contributed by atoms with Crippen LogP contribution in [0.25, 0.3) is 0 Å². The molecule has 0 bridgehead atoms. The highest BCUT2D eigenvalue weighted by molar-refractivity contribution is 5.72. The van der Waals surface area contributed by atoms with E-state index < -0.39 is 12.1 Å². The molecular weight excluding hydrogens is 284 g/mol. The maximum absolute atomic E-state index is 11.7. The summed E-state index contributed by atoms with van der Waals surface area (Å²) in [6.07, 6.45) is 2.50. The van der Waals surface area contributed by atoms with Crippen molar-refractivity contribution in [3.05, 3.63) is 0 Å². The number of carboxylic acids is 1. The predicted octanol–water partition coefficient (Wildman–Crippen LogP) is 2.83. The second kappa shape index (κ2) is 10.2. The van der Waals surface area contributed by atoms with E-state index in [0.29, 0.717) is 44.2 Å². The van der Waals surface area contributed by atoms with Crippen LogP contribution in [0.1, 0.15) is 40.0 Å². The maximum atomic E-state index is 11.7. The van der Waals surface area contributed by atoms with Crippen molar-refractivity contribution >= 4 is 5.97 Å². The van der Waals surface area contributed by atoms with E-state index in [1.165, 1.54) is 6.42 Å². The molecule has 0 radical (unpaired) electrons. The molecule has 1 rings (SSSR count). The third kappa shape index (κ3) is 6.23. The summed E-state index contributed by atoms with van der Waals surface area (Å²) in [6, 6.07) is 0. The number of methoxy groups -OCH3 is 1. The van der Waals surface area contributed by atoms with Crippen molar-refractivity contribution in [3.8, 4) is 0 Å². The van der Waals surface area contributed by atoms with Crippen LogP contribution in [0.3, 0.4) is 0 Å². The molecule has 130 valence electrons. The Balaban J connectivity index is 2.53. The molecule has 0 saturated heterocycles. The zero-order valence-electron chi connectivity index (χ0n) is 14.4. The van der Waals surface area contributed by atoms with Gasteiger partial charge in [0.15, 0.2) is 6.10 Å². The van der Waals surface area contributed by atoms with Crippen molar-refractivity contribution in [1.29, 1.82) is 0 Å². The molecule has 5 heteroatoms. The standard InChI is InChI=1S/C17H32O5/c1-12(2)14-6-5-13(3)11-15(14)16(17(18)19)22-10-9-21-8-7-20-4/h12-16H,5-11H2,1-4H3,(H,18,19). The largest absolute Gasteiger partial charge is 0.479 e. The number of aliphatic carboxylic acids is 1. The first-order valence-corrected chi connectivity index (χ1v) is 8.38. The highest BCUT2D eigenvalue weighted by Crippen LogP contribution is 2.40. The molecule has 5 nitrogen and oxygen atoms in total. The van der Waals surface area contributed by atoms with Crippen molar-refractivity contribution in [2.24, 2.45) is 23.7 Å². The van der Waals surface area contributed by atoms with E-state index in [-0.39, 0.29) is 5.92 Å². The average molecular weight is 316 g/mol. The molecule has 1 aliphatic rings. The van der Waals surface area contributed by atoms with Gasteiger partial charge in [0.1, 0.15) is 0 Å². The van der Waals surface area contributed by atoms with Gasteiger partial charge in [-0.3, -0.25) is 0 Å². The van der Waals surface area contributed by atoms with E-state index >= 15 is 0 Å². The van der Waals surface area contributed by atoms with Crippen molar-refractivity contribution in [2.75, 3.05) is 33.5 Å². The molecule has 0 aromatic heterocycles. The molecule has 0 aromatic carbocycles. The lowest BCUT2D eigenvalue weighted by molar-refractivity contribution is -0.160. The highest BCUT2D eigenvalue weighted by Gasteiger charge is 2.39. The summed E-state index contributed by atoms with van der Waals surface area (Å²) in [7, 11) is 1.62. The summed E-state index contributed by atoms with van der Waals surface area (Å²) in [5.41, 5.74) is 0. The van der Waals surface area contributed by atoms with Crippen LogP contribution >= 0.6 is 0 Å². The van der Waals surface area contributed by atoms with Gasteiger partial charge in [0, 0.05) is 7.11 Å². The van der Waals surface area contributed by atoms with Crippen molar-refractivity contribution in [3.63, 3.8) is 0 Å². The van der Waals surface area contributed by atoms with Crippen LogP contribution in [0.15, 0.2) is 0 Å². The van der Waals surface area contributed by atoms with Crippen LogP contribution in [0.4, 0.5) is 0 Å². The van der Waals surface area contributed by atoms with E-state index in [1.54, 1.807) is 7.11 Å². The average Bonchev–Trinajstić information content (AvgIpc) is 2.45. The van der Waals surface area contributed by atoms with Gasteiger partial charge < -0.3 is 19.3 Å². The van der Waals surface area contributed by atoms with Crippen molar-refractivity contribution in [1.82, 2.24) is 0 Å². The van der Waals surface area contributed by atoms with E-state index in [1.807, 2.05) is 0 Å². The normalized spacial score (nSPS) is 27.0. The van der Waals surface area contributed by atoms with Gasteiger partial charge in [-0.25, -0.2) is 4.79 Å². The van der Waals surface area contributed by atoms with Crippen molar-refractivity contribution < 1.29 is 24.1 Å². The molecule has 1 N–H and O–H groups in total. The van der Waals surface area contributed by atoms with Crippen LogP contribution in [-0.4, -0.2) is 50.7 Å². The van der Waals surface area contributed by atoms with Crippen LogP contribution in [0.2, 0.25) is 0 Å². The summed E-state index contributed by atoms with van der Waals surface area (Å²) < 4.78 is 15.9. The SMILES string of the molecule is COCCOCCOC(C(=O)O)C1CC(C)CCC1C(C)C. The lowest BCUT2D eigenvalue weighted by Crippen LogP contribution is -2.42. The number of carboxylic acid groups (broad SMARTS) is 1. The monoisotopic (exact) mass is 316 g/mol. The second-order valence-electron chi connectivity index (χ2n) is 6.72. The van der Waals surface area contributed by atoms with E-state index in [2.05, 4.69) is 20.8 Å². The van der Waals surface area contributed by atoms with Crippen LogP contribution in [-0.2, 0) is 19.0 Å². The van der Waals surface area contributed by atoms with Gasteiger partial charge in [-0.05, 0) is 36.5 Å². The fourth-order valence-electron chi connectivity index (χ4n) is 3.48. The number of rotatable bonds is 10. The fraction of sp³-hybridized carbons (Fsp3) is 0.941. The molecule has 4 unspecified atom stereocenters. The Bertz CT molecular complexity index is 318. The Morgan fingerprint density at radius 2 is 1.82 bits per heavy atom. The predicted molar refractivity (Wildman–Crippen MR) is 84.9 cm³/mol. The first-order chi connectivity index (χ1) is 10.5. The topological polar surface area (TPSA) is 65.0 Å². The molecule has 0 amide bonds. The molecule has 0 aromatic rings. The first-order valence-electron chi connectivity index (χ1n) is 8.38. The molecule has 1 saturated carbocycles. The first kappa shape index (κ1) is 19.4. The van der Waals surface area contributed by atoms with Crippen molar-refractivity contribution in [2.45, 2.75) is 46.1 Å². The third-order valence-electron chi connectivity index (χ3n) is 4.66. The number of hydrogen-bond acceptors (Lipinski definition) is 4. The molecule has 1 fully saturated rings. The molecular formula is C17H32O5. The minimum atomic E-state index is -0.846. The van der Waals surface area contributed by atoms with Gasteiger partial charge in [-0.1, -0.05) is 27.2 Å². The minimum absolute atomic E-state index is 0.0974. The Labute approximate surface area is 134 Å². The van der Waals surface area contributed by atoms with E-state index in [0.717, 1.165) is 12.8 Å². The van der Waals surface area contributed by atoms with Gasteiger partial charge >= 0.3 is 5.97 Å². The zero-order valence-corrected chi connectivity index (χ0v) is 14.4. The second-order valence-corrected chi connectivity index (χ2v) is 6.72. The molecule has 1 aliphatic carbocycles. The third-order valence-corrected chi connectivity index (χ3v) is 4.66. The van der Waals surface area contributed by atoms with E-state index in [4.69, 9.17) is 14.2 Å². The summed E-state index contributed by atoms with van der Waals surface area (Å²) in [4.78, 5) is 11.7. The fourth-order valence-corrected chi connectivity index (χ4v) is 3.48. The van der Waals surface area contributed by atoms with Gasteiger partial charge in [0.2, 0.25) is 0 Å². The lowest BCUT2D eigenvalue weighted by atomic mass is 9.68. The zero-order chi connectivity index (χ0) is 16.5. The van der Waals surface area contributed by atoms with Crippen LogP contribution in [0.5, 0.6) is 0 Å². The Kier molecular flexibility index (Phi) is 8.98. The summed E-state index contributed by atoms with van der Waals surface area (Å²) in [6.45, 7) is 8.33. The smallest absolute Gasteiger partial charge is 0.333 e. The molecule has 0 aliphatic heterocycles. The quantitative estimate of drug-likeness (QED) is 0.628. The van der Waals surface area contributed by atoms with Crippen LogP contribution in [0, 0.1) is 23.7 Å². The van der Waals surface area contributed by atoms with Gasteiger partial charge in [-0.2, -0.15) is 0 Å². The molecule has 0 spiro atoms. The van der Waals surface area contributed by atoms with Gasteiger partial charge in [-0.15, -0.1) is 0 Å². The van der Waals surface area contributed by atoms with Gasteiger partial charge in [0.25, 0.3) is 0 Å². The minimum Gasteiger partial charge on any atom is -0.479 e. The number of hydrogen-bond donors (Lipinski definition) is 1. The molecule has 0 heterocycles. The highest BCUT2D eigenvalue weighted by atomic mass is 16.6. The number of ether oxygens (including phenoxy) is 3. The molecule has 4 atom stereocenters. The van der Waals surface area contributed by atoms with E-state index in [9.17, 15) is 9.90 Å².